The smallest absolute Gasteiger partial charge is 0.122 e. The van der Waals surface area contributed by atoms with Gasteiger partial charge in [0, 0.05) is 12.7 Å². The fourth-order valence-electron chi connectivity index (χ4n) is 1.07. The largest absolute Gasteiger partial charge is 0.388 e. The van der Waals surface area contributed by atoms with Gasteiger partial charge in [-0.3, -0.25) is 0 Å². The fourth-order valence-corrected chi connectivity index (χ4v) is 1.07. The monoisotopic (exact) mass is 183 g/mol. The number of hydrogen-bond acceptors (Lipinski definition) is 2. The summed E-state index contributed by atoms with van der Waals surface area (Å²) in [6.45, 7) is 0.688. The molecule has 0 aromatic heterocycles. The van der Waals surface area contributed by atoms with E-state index in [-0.39, 0.29) is 0 Å². The van der Waals surface area contributed by atoms with Gasteiger partial charge in [0.2, 0.25) is 0 Å². The van der Waals surface area contributed by atoms with Gasteiger partial charge < -0.3 is 10.4 Å². The summed E-state index contributed by atoms with van der Waals surface area (Å²) in [4.78, 5) is 0. The van der Waals surface area contributed by atoms with E-state index in [0.29, 0.717) is 5.56 Å². The van der Waals surface area contributed by atoms with Crippen molar-refractivity contribution in [3.8, 4) is 0 Å². The van der Waals surface area contributed by atoms with Crippen LogP contribution >= 0.6 is 0 Å². The second kappa shape index (κ2) is 3.75. The highest BCUT2D eigenvalue weighted by molar-refractivity contribution is 5.44. The summed E-state index contributed by atoms with van der Waals surface area (Å²) in [6, 6.07) is 7.04. The third-order valence-corrected chi connectivity index (χ3v) is 2.06. The number of alkyl halides is 1. The van der Waals surface area contributed by atoms with Crippen molar-refractivity contribution in [2.45, 2.75) is 12.5 Å². The number of aliphatic hydroxyl groups is 1. The van der Waals surface area contributed by atoms with E-state index in [2.05, 4.69) is 5.32 Å². The number of nitrogens with one attached hydrogen (secondary N) is 1. The van der Waals surface area contributed by atoms with Gasteiger partial charge in [0.15, 0.2) is 0 Å². The Balaban J connectivity index is 2.92. The molecule has 1 aromatic carbocycles. The molecule has 2 nitrogen and oxygen atoms in total. The molecule has 0 fully saturated rings. The van der Waals surface area contributed by atoms with Crippen LogP contribution in [0.4, 0.5) is 10.1 Å². The first-order valence-electron chi connectivity index (χ1n) is 4.17. The molecule has 0 spiro atoms. The number of halogens is 1. The Morgan fingerprint density at radius 3 is 2.31 bits per heavy atom. The minimum atomic E-state index is -1.37. The van der Waals surface area contributed by atoms with Crippen LogP contribution in [0.1, 0.15) is 12.5 Å². The number of rotatable bonds is 3. The van der Waals surface area contributed by atoms with Crippen molar-refractivity contribution in [2.75, 3.05) is 19.0 Å². The summed E-state index contributed by atoms with van der Waals surface area (Å²) in [5, 5.41) is 12.5. The fraction of sp³-hybridized carbons (Fsp3) is 0.400. The van der Waals surface area contributed by atoms with Crippen LogP contribution in [0, 0.1) is 0 Å². The molecular weight excluding hydrogens is 169 g/mol. The highest BCUT2D eigenvalue weighted by Gasteiger charge is 2.22. The minimum Gasteiger partial charge on any atom is -0.388 e. The van der Waals surface area contributed by atoms with Crippen molar-refractivity contribution in [2.24, 2.45) is 0 Å². The molecule has 0 heterocycles. The molecule has 1 atom stereocenters. The zero-order valence-electron chi connectivity index (χ0n) is 7.84. The van der Waals surface area contributed by atoms with E-state index in [1.54, 1.807) is 24.3 Å². The highest BCUT2D eigenvalue weighted by Crippen LogP contribution is 2.22. The lowest BCUT2D eigenvalue weighted by Crippen LogP contribution is -2.23. The minimum absolute atomic E-state index is 0.592. The van der Waals surface area contributed by atoms with Gasteiger partial charge in [-0.15, -0.1) is 0 Å². The Bertz CT molecular complexity index is 269. The van der Waals surface area contributed by atoms with Crippen LogP contribution in [0.15, 0.2) is 24.3 Å². The molecule has 2 N–H and O–H groups in total. The second-order valence-electron chi connectivity index (χ2n) is 3.23. The van der Waals surface area contributed by atoms with Crippen LogP contribution < -0.4 is 5.32 Å². The normalized spacial score (nSPS) is 15.1. The lowest BCUT2D eigenvalue weighted by atomic mass is 9.97. The van der Waals surface area contributed by atoms with Crippen LogP contribution in [0.5, 0.6) is 0 Å². The van der Waals surface area contributed by atoms with Crippen molar-refractivity contribution in [1.29, 1.82) is 0 Å². The topological polar surface area (TPSA) is 32.3 Å². The van der Waals surface area contributed by atoms with Gasteiger partial charge in [-0.2, -0.15) is 0 Å². The van der Waals surface area contributed by atoms with Gasteiger partial charge in [0.1, 0.15) is 12.3 Å². The van der Waals surface area contributed by atoms with E-state index in [4.69, 9.17) is 0 Å². The maximum absolute atomic E-state index is 12.4. The zero-order chi connectivity index (χ0) is 9.90. The van der Waals surface area contributed by atoms with Gasteiger partial charge in [-0.25, -0.2) is 4.39 Å². The predicted molar refractivity (Wildman–Crippen MR) is 51.5 cm³/mol. The quantitative estimate of drug-likeness (QED) is 0.750. The average molecular weight is 183 g/mol. The van der Waals surface area contributed by atoms with E-state index >= 15 is 0 Å². The molecule has 13 heavy (non-hydrogen) atoms. The molecule has 0 aliphatic carbocycles. The van der Waals surface area contributed by atoms with E-state index in [0.717, 1.165) is 5.69 Å². The second-order valence-corrected chi connectivity index (χ2v) is 3.23. The van der Waals surface area contributed by atoms with E-state index in [9.17, 15) is 9.50 Å². The molecule has 72 valence electrons. The molecule has 1 unspecified atom stereocenters. The first-order chi connectivity index (χ1) is 6.10. The van der Waals surface area contributed by atoms with Crippen molar-refractivity contribution in [3.63, 3.8) is 0 Å². The van der Waals surface area contributed by atoms with Crippen LogP contribution in [-0.4, -0.2) is 18.8 Å². The van der Waals surface area contributed by atoms with Gasteiger partial charge >= 0.3 is 0 Å². The Morgan fingerprint density at radius 2 is 1.92 bits per heavy atom. The van der Waals surface area contributed by atoms with Gasteiger partial charge in [-0.1, -0.05) is 12.1 Å². The molecule has 0 saturated carbocycles. The van der Waals surface area contributed by atoms with Crippen molar-refractivity contribution in [1.82, 2.24) is 0 Å². The summed E-state index contributed by atoms with van der Waals surface area (Å²) in [7, 11) is 1.81. The summed E-state index contributed by atoms with van der Waals surface area (Å²) < 4.78 is 12.4. The predicted octanol–water partition coefficient (Wildman–Crippen LogP) is 1.91. The Kier molecular flexibility index (Phi) is 2.88. The molecule has 1 rings (SSSR count). The molecule has 0 bridgehead atoms. The first-order valence-corrected chi connectivity index (χ1v) is 4.17. The molecule has 0 aliphatic heterocycles. The Morgan fingerprint density at radius 1 is 1.38 bits per heavy atom. The SMILES string of the molecule is CNc1ccc(C(C)(O)CF)cc1. The maximum Gasteiger partial charge on any atom is 0.122 e. The molecule has 1 aromatic rings. The van der Waals surface area contributed by atoms with Crippen molar-refractivity contribution in [3.05, 3.63) is 29.8 Å². The van der Waals surface area contributed by atoms with E-state index < -0.39 is 12.3 Å². The highest BCUT2D eigenvalue weighted by atomic mass is 19.1. The van der Waals surface area contributed by atoms with E-state index in [1.807, 2.05) is 7.05 Å². The van der Waals surface area contributed by atoms with Crippen molar-refractivity contribution < 1.29 is 9.50 Å². The molecular formula is C10H14FNO. The van der Waals surface area contributed by atoms with E-state index in [1.165, 1.54) is 6.92 Å². The summed E-state index contributed by atoms with van der Waals surface area (Å²) in [6.07, 6.45) is 0. The van der Waals surface area contributed by atoms with Crippen LogP contribution in [0.2, 0.25) is 0 Å². The first kappa shape index (κ1) is 9.99. The average Bonchev–Trinajstić information content (AvgIpc) is 2.18. The summed E-state index contributed by atoms with van der Waals surface area (Å²) in [5.41, 5.74) is 0.166. The molecule has 3 heteroatoms. The maximum atomic E-state index is 12.4. The molecule has 0 radical (unpaired) electrons. The molecule has 0 saturated heterocycles. The zero-order valence-corrected chi connectivity index (χ0v) is 7.84. The standard InChI is InChI=1S/C10H14FNO/c1-10(13,7-11)8-3-5-9(12-2)6-4-8/h3-6,12-13H,7H2,1-2H3. The lowest BCUT2D eigenvalue weighted by molar-refractivity contribution is 0.0300. The molecule has 0 amide bonds. The van der Waals surface area contributed by atoms with Gasteiger partial charge in [-0.05, 0) is 24.6 Å². The van der Waals surface area contributed by atoms with Gasteiger partial charge in [0.05, 0.1) is 0 Å². The third kappa shape index (κ3) is 2.18. The number of benzene rings is 1. The molecule has 0 aliphatic rings. The third-order valence-electron chi connectivity index (χ3n) is 2.06. The van der Waals surface area contributed by atoms with Crippen LogP contribution in [0.25, 0.3) is 0 Å². The van der Waals surface area contributed by atoms with Crippen LogP contribution in [-0.2, 0) is 5.60 Å². The van der Waals surface area contributed by atoms with Gasteiger partial charge in [0.25, 0.3) is 0 Å². The number of hydrogen-bond donors (Lipinski definition) is 2. The number of anilines is 1. The lowest BCUT2D eigenvalue weighted by Gasteiger charge is -2.19. The van der Waals surface area contributed by atoms with Crippen molar-refractivity contribution >= 4 is 5.69 Å². The Labute approximate surface area is 77.4 Å². The summed E-state index contributed by atoms with van der Waals surface area (Å²) >= 11 is 0. The summed E-state index contributed by atoms with van der Waals surface area (Å²) in [5.74, 6) is 0. The van der Waals surface area contributed by atoms with Crippen LogP contribution in [0.3, 0.4) is 0 Å². The Hall–Kier alpha value is -1.09.